The average Bonchev–Trinajstić information content (AvgIpc) is 2.73. The van der Waals surface area contributed by atoms with Gasteiger partial charge in [0, 0.05) is 24.4 Å². The average molecular weight is 216 g/mol. The molecule has 1 aliphatic heterocycles. The number of hydrogen-bond donors (Lipinski definition) is 1. The number of pyridine rings is 1. The first-order valence-electron chi connectivity index (χ1n) is 5.35. The van der Waals surface area contributed by atoms with Crippen molar-refractivity contribution in [3.05, 3.63) is 30.4 Å². The van der Waals surface area contributed by atoms with Crippen LogP contribution in [0.3, 0.4) is 0 Å². The number of fused-ring (bicyclic) bond motifs is 1. The molecule has 82 valence electrons. The Kier molecular flexibility index (Phi) is 2.18. The summed E-state index contributed by atoms with van der Waals surface area (Å²) in [6, 6.07) is 3.82. The first-order valence-corrected chi connectivity index (χ1v) is 5.35. The van der Waals surface area contributed by atoms with Crippen molar-refractivity contribution in [3.63, 3.8) is 0 Å². The minimum Gasteiger partial charge on any atom is -0.391 e. The summed E-state index contributed by atoms with van der Waals surface area (Å²) >= 11 is 0. The van der Waals surface area contributed by atoms with E-state index in [1.807, 2.05) is 16.7 Å². The third kappa shape index (κ3) is 1.49. The normalized spacial score (nSPS) is 19.4. The van der Waals surface area contributed by atoms with Crippen molar-refractivity contribution in [2.45, 2.75) is 25.5 Å². The molecule has 1 N–H and O–H groups in total. The van der Waals surface area contributed by atoms with Crippen LogP contribution in [0.2, 0.25) is 0 Å². The third-order valence-corrected chi connectivity index (χ3v) is 2.84. The molecule has 3 heterocycles. The zero-order valence-corrected chi connectivity index (χ0v) is 8.74. The molecule has 0 radical (unpaired) electrons. The lowest BCUT2D eigenvalue weighted by molar-refractivity contribution is 0.131. The number of aryl methyl sites for hydroxylation is 1. The second-order valence-corrected chi connectivity index (χ2v) is 3.98. The van der Waals surface area contributed by atoms with E-state index in [0.717, 1.165) is 30.1 Å². The minimum absolute atomic E-state index is 0.293. The van der Waals surface area contributed by atoms with Gasteiger partial charge in [-0.2, -0.15) is 0 Å². The van der Waals surface area contributed by atoms with E-state index in [1.54, 1.807) is 12.4 Å². The molecule has 3 rings (SSSR count). The highest BCUT2D eigenvalue weighted by atomic mass is 16.3. The molecule has 2 aromatic heterocycles. The van der Waals surface area contributed by atoms with Crippen LogP contribution < -0.4 is 0 Å². The van der Waals surface area contributed by atoms with Crippen LogP contribution in [-0.4, -0.2) is 31.0 Å². The Morgan fingerprint density at radius 3 is 3.12 bits per heavy atom. The van der Waals surface area contributed by atoms with E-state index < -0.39 is 0 Å². The summed E-state index contributed by atoms with van der Waals surface area (Å²) in [4.78, 5) is 4.06. The summed E-state index contributed by atoms with van der Waals surface area (Å²) in [7, 11) is 0. The van der Waals surface area contributed by atoms with Gasteiger partial charge in [0.1, 0.15) is 5.82 Å². The SMILES string of the molecule is OC1CCc2nnc(-c3cccnc3)n2C1. The van der Waals surface area contributed by atoms with Gasteiger partial charge in [-0.3, -0.25) is 4.98 Å². The first kappa shape index (κ1) is 9.47. The smallest absolute Gasteiger partial charge is 0.165 e. The van der Waals surface area contributed by atoms with Crippen molar-refractivity contribution in [3.8, 4) is 11.4 Å². The summed E-state index contributed by atoms with van der Waals surface area (Å²) < 4.78 is 1.98. The summed E-state index contributed by atoms with van der Waals surface area (Å²) in [6.07, 6.45) is 4.75. The van der Waals surface area contributed by atoms with Crippen LogP contribution in [-0.2, 0) is 13.0 Å². The van der Waals surface area contributed by atoms with Crippen LogP contribution in [0.25, 0.3) is 11.4 Å². The van der Waals surface area contributed by atoms with Crippen LogP contribution in [0, 0.1) is 0 Å². The zero-order valence-electron chi connectivity index (χ0n) is 8.74. The van der Waals surface area contributed by atoms with Gasteiger partial charge in [-0.1, -0.05) is 0 Å². The summed E-state index contributed by atoms with van der Waals surface area (Å²) in [5, 5.41) is 18.0. The number of nitrogens with zero attached hydrogens (tertiary/aromatic N) is 4. The van der Waals surface area contributed by atoms with Crippen LogP contribution in [0.15, 0.2) is 24.5 Å². The van der Waals surface area contributed by atoms with Crippen molar-refractivity contribution < 1.29 is 5.11 Å². The fraction of sp³-hybridized carbons (Fsp3) is 0.364. The highest BCUT2D eigenvalue weighted by Crippen LogP contribution is 2.21. The van der Waals surface area contributed by atoms with E-state index in [1.165, 1.54) is 0 Å². The molecule has 0 bridgehead atoms. The number of hydrogen-bond acceptors (Lipinski definition) is 4. The van der Waals surface area contributed by atoms with Crippen molar-refractivity contribution >= 4 is 0 Å². The fourth-order valence-electron chi connectivity index (χ4n) is 2.02. The molecule has 1 atom stereocenters. The maximum absolute atomic E-state index is 9.65. The van der Waals surface area contributed by atoms with Crippen LogP contribution in [0.5, 0.6) is 0 Å². The zero-order chi connectivity index (χ0) is 11.0. The fourth-order valence-corrected chi connectivity index (χ4v) is 2.02. The predicted molar refractivity (Wildman–Crippen MR) is 57.6 cm³/mol. The first-order chi connectivity index (χ1) is 7.84. The molecule has 16 heavy (non-hydrogen) atoms. The number of aliphatic hydroxyl groups is 1. The highest BCUT2D eigenvalue weighted by Gasteiger charge is 2.21. The van der Waals surface area contributed by atoms with E-state index in [4.69, 9.17) is 0 Å². The highest BCUT2D eigenvalue weighted by molar-refractivity contribution is 5.53. The molecular weight excluding hydrogens is 204 g/mol. The minimum atomic E-state index is -0.293. The molecule has 0 saturated heterocycles. The van der Waals surface area contributed by atoms with E-state index in [0.29, 0.717) is 6.54 Å². The van der Waals surface area contributed by atoms with Gasteiger partial charge in [0.05, 0.1) is 12.6 Å². The van der Waals surface area contributed by atoms with E-state index in [-0.39, 0.29) is 6.10 Å². The number of aromatic nitrogens is 4. The van der Waals surface area contributed by atoms with Gasteiger partial charge in [0.25, 0.3) is 0 Å². The second-order valence-electron chi connectivity index (χ2n) is 3.98. The van der Waals surface area contributed by atoms with Gasteiger partial charge >= 0.3 is 0 Å². The van der Waals surface area contributed by atoms with Crippen molar-refractivity contribution in [1.82, 2.24) is 19.7 Å². The Morgan fingerprint density at radius 1 is 1.38 bits per heavy atom. The van der Waals surface area contributed by atoms with Crippen molar-refractivity contribution in [1.29, 1.82) is 0 Å². The molecule has 0 spiro atoms. The maximum atomic E-state index is 9.65. The quantitative estimate of drug-likeness (QED) is 0.760. The van der Waals surface area contributed by atoms with Gasteiger partial charge in [0.2, 0.25) is 0 Å². The van der Waals surface area contributed by atoms with Gasteiger partial charge in [-0.05, 0) is 18.6 Å². The van der Waals surface area contributed by atoms with E-state index in [2.05, 4.69) is 15.2 Å². The Balaban J connectivity index is 2.07. The molecule has 0 aromatic carbocycles. The van der Waals surface area contributed by atoms with Crippen LogP contribution >= 0.6 is 0 Å². The Labute approximate surface area is 92.8 Å². The lowest BCUT2D eigenvalue weighted by Gasteiger charge is -2.19. The molecule has 0 saturated carbocycles. The van der Waals surface area contributed by atoms with E-state index >= 15 is 0 Å². The largest absolute Gasteiger partial charge is 0.391 e. The van der Waals surface area contributed by atoms with Gasteiger partial charge in [-0.15, -0.1) is 10.2 Å². The Hall–Kier alpha value is -1.75. The monoisotopic (exact) mass is 216 g/mol. The molecule has 0 amide bonds. The molecule has 0 fully saturated rings. The summed E-state index contributed by atoms with van der Waals surface area (Å²) in [5.41, 5.74) is 0.940. The summed E-state index contributed by atoms with van der Waals surface area (Å²) in [6.45, 7) is 0.576. The predicted octanol–water partition coefficient (Wildman–Crippen LogP) is 0.647. The standard InChI is InChI=1S/C11H12N4O/c16-9-3-4-10-13-14-11(15(10)7-9)8-2-1-5-12-6-8/h1-2,5-6,9,16H,3-4,7H2. The van der Waals surface area contributed by atoms with E-state index in [9.17, 15) is 5.11 Å². The molecule has 2 aromatic rings. The topological polar surface area (TPSA) is 63.8 Å². The van der Waals surface area contributed by atoms with Gasteiger partial charge in [0.15, 0.2) is 5.82 Å². The maximum Gasteiger partial charge on any atom is 0.165 e. The number of aliphatic hydroxyl groups excluding tert-OH is 1. The third-order valence-electron chi connectivity index (χ3n) is 2.84. The molecule has 1 aliphatic rings. The van der Waals surface area contributed by atoms with Crippen molar-refractivity contribution in [2.75, 3.05) is 0 Å². The molecule has 1 unspecified atom stereocenters. The second kappa shape index (κ2) is 3.68. The van der Waals surface area contributed by atoms with Gasteiger partial charge in [-0.25, -0.2) is 0 Å². The molecule has 5 heteroatoms. The molecule has 5 nitrogen and oxygen atoms in total. The Bertz CT molecular complexity index is 494. The van der Waals surface area contributed by atoms with Crippen LogP contribution in [0.4, 0.5) is 0 Å². The number of rotatable bonds is 1. The molecular formula is C11H12N4O. The van der Waals surface area contributed by atoms with Crippen LogP contribution in [0.1, 0.15) is 12.2 Å². The Morgan fingerprint density at radius 2 is 2.31 bits per heavy atom. The lowest BCUT2D eigenvalue weighted by Crippen LogP contribution is -2.24. The van der Waals surface area contributed by atoms with Crippen molar-refractivity contribution in [2.24, 2.45) is 0 Å². The molecule has 0 aliphatic carbocycles. The van der Waals surface area contributed by atoms with Gasteiger partial charge < -0.3 is 9.67 Å². The summed E-state index contributed by atoms with van der Waals surface area (Å²) in [5.74, 6) is 1.74. The lowest BCUT2D eigenvalue weighted by atomic mass is 10.1.